The molecule has 14 nitrogen and oxygen atoms in total. The summed E-state index contributed by atoms with van der Waals surface area (Å²) >= 11 is 0. The summed E-state index contributed by atoms with van der Waals surface area (Å²) in [5, 5.41) is 4.81. The summed E-state index contributed by atoms with van der Waals surface area (Å²) in [5.74, 6) is 1.18. The maximum absolute atomic E-state index is 14.5. The number of H-pyrrole nitrogens is 1. The smallest absolute Gasteiger partial charge is 0.407 e. The Morgan fingerprint density at radius 2 is 1.70 bits per heavy atom. The van der Waals surface area contributed by atoms with Gasteiger partial charge in [-0.05, 0) is 122 Å². The van der Waals surface area contributed by atoms with Gasteiger partial charge in [0.1, 0.15) is 24.2 Å². The van der Waals surface area contributed by atoms with Gasteiger partial charge in [0.2, 0.25) is 5.91 Å². The van der Waals surface area contributed by atoms with Gasteiger partial charge in [-0.25, -0.2) is 9.78 Å². The van der Waals surface area contributed by atoms with Gasteiger partial charge in [-0.15, -0.1) is 0 Å². The second kappa shape index (κ2) is 20.8. The highest BCUT2D eigenvalue weighted by Crippen LogP contribution is 2.44. The third-order valence-electron chi connectivity index (χ3n) is 15.0. The molecule has 0 bridgehead atoms. The number of esters is 1. The molecule has 2 saturated heterocycles. The number of imidazole rings is 1. The molecule has 5 heterocycles. The summed E-state index contributed by atoms with van der Waals surface area (Å²) in [6, 6.07) is 23.2. The average Bonchev–Trinajstić information content (AvgIpc) is 4.06. The number of aromatic nitrogens is 2. The van der Waals surface area contributed by atoms with Crippen molar-refractivity contribution < 1.29 is 38.1 Å². The fourth-order valence-corrected chi connectivity index (χ4v) is 11.5. The van der Waals surface area contributed by atoms with Crippen molar-refractivity contribution in [2.24, 2.45) is 28.7 Å². The number of allylic oxidation sites excluding steroid dienone is 2. The minimum Gasteiger partial charge on any atom is -0.488 e. The number of hydrogen-bond acceptors (Lipinski definition) is 10. The molecular weight excluding hydrogens is 885 g/mol. The summed E-state index contributed by atoms with van der Waals surface area (Å²) in [5.41, 5.74) is 9.40. The molecule has 6 atom stereocenters. The Balaban J connectivity index is 0.997. The van der Waals surface area contributed by atoms with Crippen LogP contribution in [0.2, 0.25) is 0 Å². The number of carbonyl (C=O) groups excluding carboxylic acids is 4. The SMILES string of the molecule is COCC1C/C(=C2\CCCCC(c3ccc4c(c3)COc3cc5c(ccc6[nH]c(C7CCC(C)N7C(=O)C(C(C)C)C(C)CCC(=O)OC)nc65)cc3-4)=N2)N(C(=O)C(NC(=O)OC)c2ccccc2)C1. The predicted molar refractivity (Wildman–Crippen MR) is 269 cm³/mol. The molecule has 5 aromatic rings. The van der Waals surface area contributed by atoms with E-state index >= 15 is 0 Å². The molecule has 70 heavy (non-hydrogen) atoms. The largest absolute Gasteiger partial charge is 0.488 e. The first-order valence-electron chi connectivity index (χ1n) is 25.0. The Hall–Kier alpha value is -6.54. The van der Waals surface area contributed by atoms with E-state index in [1.807, 2.05) is 40.1 Å². The molecule has 2 N–H and O–H groups in total. The normalized spacial score (nSPS) is 21.4. The number of nitrogens with zero attached hydrogens (tertiary/aromatic N) is 4. The van der Waals surface area contributed by atoms with Crippen molar-refractivity contribution in [3.05, 3.63) is 107 Å². The maximum Gasteiger partial charge on any atom is 0.407 e. The number of likely N-dealkylation sites (tertiary alicyclic amines) is 2. The summed E-state index contributed by atoms with van der Waals surface area (Å²) < 4.78 is 22.0. The van der Waals surface area contributed by atoms with Crippen LogP contribution in [0, 0.1) is 23.7 Å². The molecular formula is C56H66N6O8. The number of aliphatic imine (C=N–C) groups is 1. The van der Waals surface area contributed by atoms with Crippen molar-refractivity contribution in [3.63, 3.8) is 0 Å². The monoisotopic (exact) mass is 950 g/mol. The van der Waals surface area contributed by atoms with E-state index in [9.17, 15) is 19.2 Å². The number of benzene rings is 4. The fourth-order valence-electron chi connectivity index (χ4n) is 11.5. The molecule has 1 aromatic heterocycles. The number of hydrogen-bond donors (Lipinski definition) is 2. The van der Waals surface area contributed by atoms with Gasteiger partial charge in [-0.3, -0.25) is 19.4 Å². The van der Waals surface area contributed by atoms with Gasteiger partial charge >= 0.3 is 12.1 Å². The molecule has 6 unspecified atom stereocenters. The van der Waals surface area contributed by atoms with Gasteiger partial charge in [-0.2, -0.15) is 0 Å². The van der Waals surface area contributed by atoms with E-state index < -0.39 is 12.1 Å². The molecule has 9 rings (SSSR count). The molecule has 2 fully saturated rings. The number of rotatable bonds is 13. The zero-order valence-corrected chi connectivity index (χ0v) is 41.5. The van der Waals surface area contributed by atoms with Gasteiger partial charge in [0.15, 0.2) is 0 Å². The number of fused-ring (bicyclic) bond motifs is 6. The molecule has 4 aliphatic heterocycles. The first kappa shape index (κ1) is 48.5. The lowest BCUT2D eigenvalue weighted by Crippen LogP contribution is -2.44. The van der Waals surface area contributed by atoms with E-state index in [4.69, 9.17) is 28.9 Å². The molecule has 14 heteroatoms. The van der Waals surface area contributed by atoms with Crippen LogP contribution in [0.4, 0.5) is 4.79 Å². The predicted octanol–water partition coefficient (Wildman–Crippen LogP) is 10.4. The van der Waals surface area contributed by atoms with Crippen molar-refractivity contribution in [2.75, 3.05) is 34.5 Å². The lowest BCUT2D eigenvalue weighted by Gasteiger charge is -2.35. The Kier molecular flexibility index (Phi) is 14.4. The Morgan fingerprint density at radius 3 is 2.46 bits per heavy atom. The lowest BCUT2D eigenvalue weighted by atomic mass is 9.80. The second-order valence-corrected chi connectivity index (χ2v) is 20.0. The van der Waals surface area contributed by atoms with Gasteiger partial charge in [-0.1, -0.05) is 69.3 Å². The van der Waals surface area contributed by atoms with Gasteiger partial charge < -0.3 is 39.0 Å². The highest BCUT2D eigenvalue weighted by Gasteiger charge is 2.43. The first-order valence-corrected chi connectivity index (χ1v) is 25.0. The van der Waals surface area contributed by atoms with Crippen LogP contribution in [0.15, 0.2) is 89.2 Å². The Bertz CT molecular complexity index is 2850. The van der Waals surface area contributed by atoms with Gasteiger partial charge in [0.25, 0.3) is 5.91 Å². The van der Waals surface area contributed by atoms with Crippen molar-refractivity contribution in [3.8, 4) is 16.9 Å². The number of amides is 3. The summed E-state index contributed by atoms with van der Waals surface area (Å²) in [4.78, 5) is 71.7. The van der Waals surface area contributed by atoms with E-state index in [0.29, 0.717) is 38.2 Å². The minimum atomic E-state index is -0.933. The van der Waals surface area contributed by atoms with Crippen LogP contribution in [0.1, 0.15) is 120 Å². The van der Waals surface area contributed by atoms with Gasteiger partial charge in [0, 0.05) is 60.3 Å². The van der Waals surface area contributed by atoms with Crippen molar-refractivity contribution in [1.82, 2.24) is 25.1 Å². The molecule has 0 saturated carbocycles. The summed E-state index contributed by atoms with van der Waals surface area (Å²) in [6.07, 6.45) is 5.95. The van der Waals surface area contributed by atoms with Crippen molar-refractivity contribution in [2.45, 2.75) is 110 Å². The number of alkyl carbamates (subject to hydrolysis) is 1. The highest BCUT2D eigenvalue weighted by atomic mass is 16.5. The fraction of sp³-hybridized carbons (Fsp3) is 0.464. The molecule has 0 aliphatic carbocycles. The zero-order chi connectivity index (χ0) is 49.2. The quantitative estimate of drug-likeness (QED) is 0.109. The highest BCUT2D eigenvalue weighted by molar-refractivity contribution is 6.07. The molecule has 0 spiro atoms. The summed E-state index contributed by atoms with van der Waals surface area (Å²) in [6.45, 7) is 9.72. The third-order valence-corrected chi connectivity index (χ3v) is 15.0. The Morgan fingerprint density at radius 1 is 0.900 bits per heavy atom. The van der Waals surface area contributed by atoms with E-state index in [1.165, 1.54) is 14.2 Å². The van der Waals surface area contributed by atoms with E-state index in [1.54, 1.807) is 7.11 Å². The molecule has 4 aromatic carbocycles. The maximum atomic E-state index is 14.5. The van der Waals surface area contributed by atoms with Crippen LogP contribution < -0.4 is 10.1 Å². The van der Waals surface area contributed by atoms with Crippen molar-refractivity contribution in [1.29, 1.82) is 0 Å². The lowest BCUT2D eigenvalue weighted by molar-refractivity contribution is -0.144. The van der Waals surface area contributed by atoms with E-state index in [-0.39, 0.29) is 60.0 Å². The van der Waals surface area contributed by atoms with Gasteiger partial charge in [0.05, 0.1) is 43.6 Å². The average molecular weight is 951 g/mol. The third kappa shape index (κ3) is 9.67. The number of ether oxygens (including phenoxy) is 4. The topological polar surface area (TPSA) is 165 Å². The van der Waals surface area contributed by atoms with Crippen LogP contribution in [0.3, 0.4) is 0 Å². The molecule has 368 valence electrons. The van der Waals surface area contributed by atoms with E-state index in [2.05, 4.69) is 80.5 Å². The molecule has 0 radical (unpaired) electrons. The van der Waals surface area contributed by atoms with Crippen LogP contribution in [-0.4, -0.2) is 89.9 Å². The van der Waals surface area contributed by atoms with Crippen molar-refractivity contribution >= 4 is 51.4 Å². The molecule has 4 aliphatic rings. The first-order chi connectivity index (χ1) is 33.9. The number of carbonyl (C=O) groups is 4. The van der Waals surface area contributed by atoms with Crippen LogP contribution in [0.25, 0.3) is 32.9 Å². The minimum absolute atomic E-state index is 0.0131. The standard InChI is InChI=1S/C56H66N6O8/c1-32(2)50(33(3)17-24-49(63)68-6)54(64)62-34(4)18-23-46(62)53-58-45-22-20-37-27-42-40-21-19-38(26-39(40)31-70-48(42)28-41(37)52(45)59-53)43-15-11-12-16-44(57-43)47-25-35(30-67-5)29-61(47)55(65)51(60-56(66)69-7)36-13-9-8-10-14-36/h8-10,13-14,19-22,26-28,32-35,46,50-51H,11-12,15-18,23-25,29-31H2,1-7H3,(H,58,59)(H,60,66)/b47-44-. The summed E-state index contributed by atoms with van der Waals surface area (Å²) in [7, 11) is 4.38. The van der Waals surface area contributed by atoms with E-state index in [0.717, 1.165) is 111 Å². The van der Waals surface area contributed by atoms with Crippen LogP contribution in [0.5, 0.6) is 5.75 Å². The zero-order valence-electron chi connectivity index (χ0n) is 41.5. The van der Waals surface area contributed by atoms with Crippen LogP contribution in [-0.2, 0) is 35.2 Å². The molecule has 3 amide bonds. The Labute approximate surface area is 410 Å². The number of nitrogens with one attached hydrogen (secondary N) is 2. The second-order valence-electron chi connectivity index (χ2n) is 20.0. The number of aromatic amines is 1. The number of methoxy groups -OCH3 is 3. The van der Waals surface area contributed by atoms with Crippen LogP contribution >= 0.6 is 0 Å².